The Labute approximate surface area is 155 Å². The second-order valence-corrected chi connectivity index (χ2v) is 9.51. The minimum absolute atomic E-state index is 0.136. The Morgan fingerprint density at radius 3 is 2.50 bits per heavy atom. The van der Waals surface area contributed by atoms with Crippen molar-refractivity contribution < 1.29 is 9.21 Å². The third-order valence-corrected chi connectivity index (χ3v) is 7.54. The van der Waals surface area contributed by atoms with Crippen molar-refractivity contribution in [2.24, 2.45) is 23.2 Å². The van der Waals surface area contributed by atoms with Gasteiger partial charge >= 0.3 is 0 Å². The zero-order valence-electron chi connectivity index (χ0n) is 15.9. The molecule has 26 heavy (non-hydrogen) atoms. The number of nitrogens with one attached hydrogen (secondary N) is 1. The predicted molar refractivity (Wildman–Crippen MR) is 103 cm³/mol. The van der Waals surface area contributed by atoms with E-state index in [1.807, 2.05) is 6.07 Å². The van der Waals surface area contributed by atoms with Gasteiger partial charge in [-0.25, -0.2) is 0 Å². The lowest BCUT2D eigenvalue weighted by Gasteiger charge is -2.59. The number of hydrogen-bond donors (Lipinski definition) is 1. The van der Waals surface area contributed by atoms with E-state index in [-0.39, 0.29) is 11.9 Å². The number of rotatable bonds is 4. The zero-order chi connectivity index (χ0) is 17.9. The van der Waals surface area contributed by atoms with Crippen LogP contribution in [-0.2, 0) is 11.2 Å². The number of amides is 1. The maximum absolute atomic E-state index is 12.8. The van der Waals surface area contributed by atoms with Crippen LogP contribution in [0.2, 0.25) is 0 Å². The van der Waals surface area contributed by atoms with Crippen molar-refractivity contribution in [2.75, 3.05) is 0 Å². The van der Waals surface area contributed by atoms with Crippen LogP contribution in [0.3, 0.4) is 0 Å². The number of fused-ring (bicyclic) bond motifs is 1. The summed E-state index contributed by atoms with van der Waals surface area (Å²) in [4.78, 5) is 12.8. The van der Waals surface area contributed by atoms with Crippen molar-refractivity contribution in [2.45, 2.75) is 64.8 Å². The van der Waals surface area contributed by atoms with Crippen molar-refractivity contribution in [3.05, 3.63) is 35.6 Å². The van der Waals surface area contributed by atoms with Gasteiger partial charge in [-0.2, -0.15) is 0 Å². The molecule has 0 radical (unpaired) electrons. The highest BCUT2D eigenvalue weighted by molar-refractivity contribution is 5.88. The number of carbonyl (C=O) groups excluding carboxylic acids is 1. The Hall–Kier alpha value is -1.77. The minimum atomic E-state index is 0.136. The van der Waals surface area contributed by atoms with Gasteiger partial charge < -0.3 is 9.73 Å². The summed E-state index contributed by atoms with van der Waals surface area (Å²) >= 11 is 0. The molecule has 6 rings (SSSR count). The summed E-state index contributed by atoms with van der Waals surface area (Å²) in [5, 5.41) is 4.43. The van der Waals surface area contributed by atoms with E-state index in [1.165, 1.54) is 44.1 Å². The van der Waals surface area contributed by atoms with Gasteiger partial charge in [-0.1, -0.05) is 12.1 Å². The second kappa shape index (κ2) is 5.87. The van der Waals surface area contributed by atoms with Gasteiger partial charge in [0.2, 0.25) is 5.91 Å². The topological polar surface area (TPSA) is 42.2 Å². The smallest absolute Gasteiger partial charge is 0.224 e. The Morgan fingerprint density at radius 1 is 1.19 bits per heavy atom. The van der Waals surface area contributed by atoms with E-state index in [2.05, 4.69) is 31.3 Å². The molecule has 4 bridgehead atoms. The second-order valence-electron chi connectivity index (χ2n) is 9.51. The fourth-order valence-electron chi connectivity index (χ4n) is 6.65. The molecule has 4 saturated carbocycles. The maximum atomic E-state index is 12.8. The lowest BCUT2D eigenvalue weighted by atomic mass is 9.48. The third kappa shape index (κ3) is 2.67. The Balaban J connectivity index is 1.29. The first-order chi connectivity index (χ1) is 12.5. The normalized spacial score (nSPS) is 33.5. The summed E-state index contributed by atoms with van der Waals surface area (Å²) in [6.45, 7) is 4.31. The van der Waals surface area contributed by atoms with E-state index in [1.54, 1.807) is 6.26 Å². The number of aryl methyl sites for hydroxylation is 1. The van der Waals surface area contributed by atoms with E-state index >= 15 is 0 Å². The molecular formula is C23H29NO2. The van der Waals surface area contributed by atoms with Gasteiger partial charge in [0.25, 0.3) is 0 Å². The predicted octanol–water partition coefficient (Wildman–Crippen LogP) is 5.00. The SMILES string of the molecule is Cc1ccc2c(CC(=O)N[C@@H](C)C34CC5CC(CC(C5)C3)C4)coc2c1. The molecule has 138 valence electrons. The number of furan rings is 1. The summed E-state index contributed by atoms with van der Waals surface area (Å²) in [7, 11) is 0. The lowest BCUT2D eigenvalue weighted by molar-refractivity contribution is -0.125. The van der Waals surface area contributed by atoms with E-state index in [4.69, 9.17) is 4.42 Å². The fourth-order valence-corrected chi connectivity index (χ4v) is 6.65. The highest BCUT2D eigenvalue weighted by Crippen LogP contribution is 2.61. The number of benzene rings is 1. The largest absolute Gasteiger partial charge is 0.464 e. The number of hydrogen-bond acceptors (Lipinski definition) is 2. The van der Waals surface area contributed by atoms with Crippen molar-refractivity contribution in [1.29, 1.82) is 0 Å². The van der Waals surface area contributed by atoms with E-state index in [0.29, 0.717) is 11.8 Å². The molecule has 4 aliphatic rings. The molecule has 4 fully saturated rings. The number of carbonyl (C=O) groups is 1. The van der Waals surface area contributed by atoms with Gasteiger partial charge in [-0.3, -0.25) is 4.79 Å². The highest BCUT2D eigenvalue weighted by atomic mass is 16.3. The van der Waals surface area contributed by atoms with E-state index in [9.17, 15) is 4.79 Å². The zero-order valence-corrected chi connectivity index (χ0v) is 15.9. The Morgan fingerprint density at radius 2 is 1.85 bits per heavy atom. The summed E-state index contributed by atoms with van der Waals surface area (Å²) < 4.78 is 5.66. The molecule has 1 amide bonds. The highest BCUT2D eigenvalue weighted by Gasteiger charge is 2.53. The van der Waals surface area contributed by atoms with Crippen LogP contribution in [-0.4, -0.2) is 11.9 Å². The molecule has 1 atom stereocenters. The molecule has 1 aromatic heterocycles. The van der Waals surface area contributed by atoms with Gasteiger partial charge in [0.1, 0.15) is 5.58 Å². The van der Waals surface area contributed by atoms with Crippen LogP contribution in [0.1, 0.15) is 56.6 Å². The monoisotopic (exact) mass is 351 g/mol. The van der Waals surface area contributed by atoms with Crippen LogP contribution in [0.15, 0.2) is 28.9 Å². The first-order valence-corrected chi connectivity index (χ1v) is 10.3. The molecule has 4 aliphatic carbocycles. The van der Waals surface area contributed by atoms with Gasteiger partial charge in [0.15, 0.2) is 0 Å². The van der Waals surface area contributed by atoms with Crippen LogP contribution in [0.25, 0.3) is 11.0 Å². The van der Waals surface area contributed by atoms with E-state index in [0.717, 1.165) is 34.3 Å². The minimum Gasteiger partial charge on any atom is -0.464 e. The molecule has 0 unspecified atom stereocenters. The Kier molecular flexibility index (Phi) is 3.70. The molecule has 1 heterocycles. The van der Waals surface area contributed by atoms with Crippen molar-refractivity contribution in [3.63, 3.8) is 0 Å². The van der Waals surface area contributed by atoms with Crippen LogP contribution in [0, 0.1) is 30.1 Å². The van der Waals surface area contributed by atoms with Crippen LogP contribution < -0.4 is 5.32 Å². The van der Waals surface area contributed by atoms with Crippen molar-refractivity contribution in [3.8, 4) is 0 Å². The maximum Gasteiger partial charge on any atom is 0.224 e. The molecule has 0 aliphatic heterocycles. The van der Waals surface area contributed by atoms with Crippen molar-refractivity contribution >= 4 is 16.9 Å². The van der Waals surface area contributed by atoms with Crippen LogP contribution in [0.5, 0.6) is 0 Å². The summed E-state index contributed by atoms with van der Waals surface area (Å²) in [6.07, 6.45) is 10.5. The third-order valence-electron chi connectivity index (χ3n) is 7.54. The molecule has 1 N–H and O–H groups in total. The summed E-state index contributed by atoms with van der Waals surface area (Å²) in [6, 6.07) is 6.47. The molecule has 0 spiro atoms. The molecule has 3 heteroatoms. The molecule has 0 saturated heterocycles. The lowest BCUT2D eigenvalue weighted by Crippen LogP contribution is -2.56. The quantitative estimate of drug-likeness (QED) is 0.842. The van der Waals surface area contributed by atoms with Crippen LogP contribution >= 0.6 is 0 Å². The molecule has 1 aromatic carbocycles. The average Bonchev–Trinajstić information content (AvgIpc) is 2.95. The summed E-state index contributed by atoms with van der Waals surface area (Å²) in [5.41, 5.74) is 3.41. The molecule has 2 aromatic rings. The van der Waals surface area contributed by atoms with Crippen molar-refractivity contribution in [1.82, 2.24) is 5.32 Å². The molecular weight excluding hydrogens is 322 g/mol. The van der Waals surface area contributed by atoms with Gasteiger partial charge in [-0.05, 0) is 87.2 Å². The van der Waals surface area contributed by atoms with Crippen LogP contribution in [0.4, 0.5) is 0 Å². The summed E-state index contributed by atoms with van der Waals surface area (Å²) in [5.74, 6) is 2.89. The standard InChI is InChI=1S/C23H29NO2/c1-14-3-4-20-19(13-26-21(20)5-14)9-22(25)24-15(2)23-10-16-6-17(11-23)8-18(7-16)12-23/h3-5,13,15-18H,6-12H2,1-2H3,(H,24,25)/t15-,16?,17?,18?,23?/m0/s1. The molecule has 3 nitrogen and oxygen atoms in total. The fraction of sp³-hybridized carbons (Fsp3) is 0.609. The van der Waals surface area contributed by atoms with E-state index < -0.39 is 0 Å². The van der Waals surface area contributed by atoms with Gasteiger partial charge in [-0.15, -0.1) is 0 Å². The average molecular weight is 351 g/mol. The van der Waals surface area contributed by atoms with Gasteiger partial charge in [0, 0.05) is 17.0 Å². The first-order valence-electron chi connectivity index (χ1n) is 10.3. The first kappa shape index (κ1) is 16.4. The van der Waals surface area contributed by atoms with Gasteiger partial charge in [0.05, 0.1) is 12.7 Å². The Bertz CT molecular complexity index is 814.